The van der Waals surface area contributed by atoms with Crippen LogP contribution in [0.2, 0.25) is 0 Å². The van der Waals surface area contributed by atoms with E-state index in [0.29, 0.717) is 12.1 Å². The number of hydrogen-bond donors (Lipinski definition) is 1. The number of hydrogen-bond acceptors (Lipinski definition) is 3. The van der Waals surface area contributed by atoms with E-state index in [1.165, 1.54) is 0 Å². The monoisotopic (exact) mass is 196 g/mol. The maximum absolute atomic E-state index is 4.25. The molecule has 0 aromatic carbocycles. The van der Waals surface area contributed by atoms with Crippen molar-refractivity contribution in [2.24, 2.45) is 0 Å². The lowest BCUT2D eigenvalue weighted by Crippen LogP contribution is -2.26. The van der Waals surface area contributed by atoms with Crippen LogP contribution in [0.25, 0.3) is 0 Å². The molecule has 4 nitrogen and oxygen atoms in total. The van der Waals surface area contributed by atoms with E-state index >= 15 is 0 Å². The Morgan fingerprint density at radius 3 is 2.64 bits per heavy atom. The van der Waals surface area contributed by atoms with Crippen LogP contribution in [-0.2, 0) is 6.42 Å². The molecule has 1 N–H and O–H groups in total. The van der Waals surface area contributed by atoms with E-state index in [9.17, 15) is 0 Å². The van der Waals surface area contributed by atoms with Crippen LogP contribution < -0.4 is 5.32 Å². The SMILES string of the molecule is CC(C)NCCc1ncnn1C(C)C. The standard InChI is InChI=1S/C10H20N4/c1-8(2)11-6-5-10-12-7-13-14(10)9(3)4/h7-9,11H,5-6H2,1-4H3. The highest BCUT2D eigenvalue weighted by Gasteiger charge is 2.06. The van der Waals surface area contributed by atoms with Crippen LogP contribution in [0, 0.1) is 0 Å². The molecule has 0 amide bonds. The lowest BCUT2D eigenvalue weighted by Gasteiger charge is -2.10. The molecule has 0 aliphatic rings. The predicted octanol–water partition coefficient (Wildman–Crippen LogP) is 1.40. The van der Waals surface area contributed by atoms with E-state index in [2.05, 4.69) is 43.1 Å². The highest BCUT2D eigenvalue weighted by atomic mass is 15.3. The quantitative estimate of drug-likeness (QED) is 0.774. The molecule has 0 aliphatic heterocycles. The van der Waals surface area contributed by atoms with Gasteiger partial charge in [0.1, 0.15) is 12.2 Å². The number of nitrogens with one attached hydrogen (secondary N) is 1. The van der Waals surface area contributed by atoms with Gasteiger partial charge in [0.05, 0.1) is 0 Å². The second kappa shape index (κ2) is 5.10. The summed E-state index contributed by atoms with van der Waals surface area (Å²) < 4.78 is 1.97. The molecular weight excluding hydrogens is 176 g/mol. The minimum atomic E-state index is 0.395. The van der Waals surface area contributed by atoms with Crippen molar-refractivity contribution in [3.8, 4) is 0 Å². The van der Waals surface area contributed by atoms with Crippen LogP contribution >= 0.6 is 0 Å². The molecule has 0 aliphatic carbocycles. The molecular formula is C10H20N4. The molecule has 0 saturated heterocycles. The Labute approximate surface area is 85.7 Å². The van der Waals surface area contributed by atoms with Gasteiger partial charge in [-0.3, -0.25) is 0 Å². The van der Waals surface area contributed by atoms with Gasteiger partial charge >= 0.3 is 0 Å². The summed E-state index contributed by atoms with van der Waals surface area (Å²) in [6.45, 7) is 9.49. The Kier molecular flexibility index (Phi) is 4.07. The first-order valence-corrected chi connectivity index (χ1v) is 5.23. The van der Waals surface area contributed by atoms with Gasteiger partial charge in [-0.15, -0.1) is 0 Å². The summed E-state index contributed by atoms with van der Waals surface area (Å²) in [6.07, 6.45) is 2.57. The van der Waals surface area contributed by atoms with Crippen LogP contribution in [0.4, 0.5) is 0 Å². The van der Waals surface area contributed by atoms with Gasteiger partial charge in [-0.1, -0.05) is 13.8 Å². The van der Waals surface area contributed by atoms with E-state index in [0.717, 1.165) is 18.8 Å². The predicted molar refractivity (Wildman–Crippen MR) is 57.2 cm³/mol. The van der Waals surface area contributed by atoms with Crippen molar-refractivity contribution in [2.45, 2.75) is 46.2 Å². The van der Waals surface area contributed by atoms with Gasteiger partial charge < -0.3 is 5.32 Å². The highest BCUT2D eigenvalue weighted by Crippen LogP contribution is 2.04. The van der Waals surface area contributed by atoms with Gasteiger partial charge in [0.25, 0.3) is 0 Å². The van der Waals surface area contributed by atoms with Gasteiger partial charge in [0.15, 0.2) is 0 Å². The summed E-state index contributed by atoms with van der Waals surface area (Å²) in [5, 5.41) is 7.56. The first-order chi connectivity index (χ1) is 6.61. The second-order valence-electron chi connectivity index (χ2n) is 4.07. The Bertz CT molecular complexity index is 265. The lowest BCUT2D eigenvalue weighted by molar-refractivity contribution is 0.493. The van der Waals surface area contributed by atoms with Crippen molar-refractivity contribution in [2.75, 3.05) is 6.54 Å². The van der Waals surface area contributed by atoms with Gasteiger partial charge in [0.2, 0.25) is 0 Å². The zero-order chi connectivity index (χ0) is 10.6. The lowest BCUT2D eigenvalue weighted by atomic mass is 10.3. The Balaban J connectivity index is 2.46. The summed E-state index contributed by atoms with van der Waals surface area (Å²) in [7, 11) is 0. The van der Waals surface area contributed by atoms with Crippen LogP contribution in [0.15, 0.2) is 6.33 Å². The Hall–Kier alpha value is -0.900. The number of rotatable bonds is 5. The van der Waals surface area contributed by atoms with Crippen molar-refractivity contribution in [1.82, 2.24) is 20.1 Å². The minimum absolute atomic E-state index is 0.395. The normalized spacial score (nSPS) is 11.6. The van der Waals surface area contributed by atoms with Gasteiger partial charge in [0, 0.05) is 25.0 Å². The van der Waals surface area contributed by atoms with Crippen LogP contribution in [0.1, 0.15) is 39.6 Å². The summed E-state index contributed by atoms with van der Waals surface area (Å²) >= 11 is 0. The molecule has 0 saturated carbocycles. The summed E-state index contributed by atoms with van der Waals surface area (Å²) in [5.41, 5.74) is 0. The van der Waals surface area contributed by atoms with E-state index in [1.54, 1.807) is 6.33 Å². The molecule has 1 aromatic heterocycles. The molecule has 1 aromatic rings. The van der Waals surface area contributed by atoms with Crippen molar-refractivity contribution in [3.05, 3.63) is 12.2 Å². The maximum Gasteiger partial charge on any atom is 0.138 e. The smallest absolute Gasteiger partial charge is 0.138 e. The van der Waals surface area contributed by atoms with E-state index in [-0.39, 0.29) is 0 Å². The fourth-order valence-corrected chi connectivity index (χ4v) is 1.36. The molecule has 1 rings (SSSR count). The van der Waals surface area contributed by atoms with Crippen LogP contribution in [0.5, 0.6) is 0 Å². The summed E-state index contributed by atoms with van der Waals surface area (Å²) in [6, 6.07) is 0.928. The molecule has 0 fully saturated rings. The van der Waals surface area contributed by atoms with Crippen molar-refractivity contribution in [3.63, 3.8) is 0 Å². The molecule has 0 radical (unpaired) electrons. The third-order valence-corrected chi connectivity index (χ3v) is 2.04. The van der Waals surface area contributed by atoms with E-state index in [4.69, 9.17) is 0 Å². The van der Waals surface area contributed by atoms with Crippen molar-refractivity contribution >= 4 is 0 Å². The topological polar surface area (TPSA) is 42.7 Å². The molecule has 80 valence electrons. The average Bonchev–Trinajstić information content (AvgIpc) is 2.51. The largest absolute Gasteiger partial charge is 0.314 e. The molecule has 14 heavy (non-hydrogen) atoms. The molecule has 0 bridgehead atoms. The summed E-state index contributed by atoms with van der Waals surface area (Å²) in [5.74, 6) is 1.06. The molecule has 0 unspecified atom stereocenters. The zero-order valence-electron chi connectivity index (χ0n) is 9.49. The van der Waals surface area contributed by atoms with E-state index < -0.39 is 0 Å². The minimum Gasteiger partial charge on any atom is -0.314 e. The number of nitrogens with zero attached hydrogens (tertiary/aromatic N) is 3. The van der Waals surface area contributed by atoms with Gasteiger partial charge in [-0.05, 0) is 13.8 Å². The third kappa shape index (κ3) is 3.10. The molecule has 0 spiro atoms. The fraction of sp³-hybridized carbons (Fsp3) is 0.800. The zero-order valence-corrected chi connectivity index (χ0v) is 9.49. The highest BCUT2D eigenvalue weighted by molar-refractivity contribution is 4.87. The van der Waals surface area contributed by atoms with E-state index in [1.807, 2.05) is 4.68 Å². The Morgan fingerprint density at radius 2 is 2.07 bits per heavy atom. The first kappa shape index (κ1) is 11.2. The molecule has 4 heteroatoms. The molecule has 1 heterocycles. The average molecular weight is 196 g/mol. The van der Waals surface area contributed by atoms with Crippen molar-refractivity contribution < 1.29 is 0 Å². The summed E-state index contributed by atoms with van der Waals surface area (Å²) in [4.78, 5) is 4.25. The first-order valence-electron chi connectivity index (χ1n) is 5.23. The molecule has 0 atom stereocenters. The maximum atomic E-state index is 4.25. The van der Waals surface area contributed by atoms with Gasteiger partial charge in [-0.2, -0.15) is 5.10 Å². The fourth-order valence-electron chi connectivity index (χ4n) is 1.36. The van der Waals surface area contributed by atoms with Crippen LogP contribution in [-0.4, -0.2) is 27.4 Å². The van der Waals surface area contributed by atoms with Crippen LogP contribution in [0.3, 0.4) is 0 Å². The second-order valence-corrected chi connectivity index (χ2v) is 4.07. The third-order valence-electron chi connectivity index (χ3n) is 2.04. The van der Waals surface area contributed by atoms with Gasteiger partial charge in [-0.25, -0.2) is 9.67 Å². The number of aromatic nitrogens is 3. The Morgan fingerprint density at radius 1 is 1.36 bits per heavy atom. The van der Waals surface area contributed by atoms with Crippen molar-refractivity contribution in [1.29, 1.82) is 0 Å².